The fourth-order valence-electron chi connectivity index (χ4n) is 1.97. The van der Waals surface area contributed by atoms with Crippen molar-refractivity contribution in [2.75, 3.05) is 0 Å². The predicted molar refractivity (Wildman–Crippen MR) is 87.8 cm³/mol. The highest BCUT2D eigenvalue weighted by atomic mass is 32.2. The molecule has 1 aromatic carbocycles. The average molecular weight is 299 g/mol. The summed E-state index contributed by atoms with van der Waals surface area (Å²) >= 11 is 5.79. The first kappa shape index (κ1) is 13.1. The van der Waals surface area contributed by atoms with Crippen LogP contribution in [0.3, 0.4) is 0 Å². The lowest BCUT2D eigenvalue weighted by Gasteiger charge is -2.02. The standard InChI is InChI=1S/C15H13N3S2/c16-14(9-19)13-8-18-15-12(13)6-11(7-17-15)20-10-4-2-1-3-5-10/h1-9,19H,16H2,(H,17,18)/b14-9-. The summed E-state index contributed by atoms with van der Waals surface area (Å²) < 4.78 is 0. The Morgan fingerprint density at radius 2 is 2.05 bits per heavy atom. The summed E-state index contributed by atoms with van der Waals surface area (Å²) in [6, 6.07) is 12.3. The first-order chi connectivity index (χ1) is 9.78. The molecule has 2 heterocycles. The van der Waals surface area contributed by atoms with Crippen molar-refractivity contribution >= 4 is 41.1 Å². The summed E-state index contributed by atoms with van der Waals surface area (Å²) in [6.07, 6.45) is 3.72. The molecule has 20 heavy (non-hydrogen) atoms. The van der Waals surface area contributed by atoms with Crippen LogP contribution in [-0.2, 0) is 0 Å². The monoisotopic (exact) mass is 299 g/mol. The van der Waals surface area contributed by atoms with Gasteiger partial charge in [0.15, 0.2) is 0 Å². The lowest BCUT2D eigenvalue weighted by atomic mass is 10.2. The van der Waals surface area contributed by atoms with E-state index < -0.39 is 0 Å². The molecule has 0 bridgehead atoms. The maximum absolute atomic E-state index is 5.94. The highest BCUT2D eigenvalue weighted by Gasteiger charge is 2.08. The fraction of sp³-hybridized carbons (Fsp3) is 0. The Kier molecular flexibility index (Phi) is 3.71. The molecule has 3 rings (SSSR count). The summed E-state index contributed by atoms with van der Waals surface area (Å²) in [7, 11) is 0. The number of nitrogens with two attached hydrogens (primary N) is 1. The van der Waals surface area contributed by atoms with E-state index in [9.17, 15) is 0 Å². The Labute approximate surface area is 126 Å². The van der Waals surface area contributed by atoms with Gasteiger partial charge < -0.3 is 10.7 Å². The van der Waals surface area contributed by atoms with Gasteiger partial charge in [-0.1, -0.05) is 30.0 Å². The van der Waals surface area contributed by atoms with Crippen molar-refractivity contribution in [1.29, 1.82) is 0 Å². The van der Waals surface area contributed by atoms with Gasteiger partial charge in [0, 0.05) is 38.8 Å². The zero-order valence-corrected chi connectivity index (χ0v) is 12.3. The van der Waals surface area contributed by atoms with Gasteiger partial charge >= 0.3 is 0 Å². The number of thiol groups is 1. The first-order valence-electron chi connectivity index (χ1n) is 6.08. The topological polar surface area (TPSA) is 54.7 Å². The minimum Gasteiger partial charge on any atom is -0.398 e. The molecule has 0 fully saturated rings. The Morgan fingerprint density at radius 1 is 1.25 bits per heavy atom. The van der Waals surface area contributed by atoms with Crippen molar-refractivity contribution in [2.24, 2.45) is 5.73 Å². The van der Waals surface area contributed by atoms with Crippen LogP contribution in [0.1, 0.15) is 5.56 Å². The SMILES string of the molecule is N/C(=C\S)c1c[nH]c2ncc(Sc3ccccc3)cc12. The van der Waals surface area contributed by atoms with Gasteiger partial charge in [0.25, 0.3) is 0 Å². The summed E-state index contributed by atoms with van der Waals surface area (Å²) in [6.45, 7) is 0. The first-order valence-corrected chi connectivity index (χ1v) is 7.41. The number of hydrogen-bond acceptors (Lipinski definition) is 4. The number of hydrogen-bond donors (Lipinski definition) is 3. The Balaban J connectivity index is 2.01. The van der Waals surface area contributed by atoms with Crippen molar-refractivity contribution in [3.05, 3.63) is 59.8 Å². The highest BCUT2D eigenvalue weighted by Crippen LogP contribution is 2.30. The molecule has 0 atom stereocenters. The summed E-state index contributed by atoms with van der Waals surface area (Å²) in [5.41, 5.74) is 8.32. The molecule has 0 unspecified atom stereocenters. The molecule has 5 heteroatoms. The number of nitrogens with zero attached hydrogens (tertiary/aromatic N) is 1. The lowest BCUT2D eigenvalue weighted by molar-refractivity contribution is 1.26. The van der Waals surface area contributed by atoms with Crippen LogP contribution in [0.4, 0.5) is 0 Å². The third-order valence-corrected chi connectivity index (χ3v) is 4.18. The predicted octanol–water partition coefficient (Wildman–Crippen LogP) is 3.90. The molecule has 0 aliphatic carbocycles. The number of nitrogens with one attached hydrogen (secondary N) is 1. The van der Waals surface area contributed by atoms with Crippen molar-refractivity contribution in [3.63, 3.8) is 0 Å². The lowest BCUT2D eigenvalue weighted by Crippen LogP contribution is -1.93. The van der Waals surface area contributed by atoms with E-state index in [1.165, 1.54) is 4.90 Å². The van der Waals surface area contributed by atoms with Crippen LogP contribution >= 0.6 is 24.4 Å². The van der Waals surface area contributed by atoms with Gasteiger partial charge in [0.1, 0.15) is 5.65 Å². The van der Waals surface area contributed by atoms with Gasteiger partial charge in [0.2, 0.25) is 0 Å². The molecule has 0 aliphatic rings. The number of rotatable bonds is 3. The maximum Gasteiger partial charge on any atom is 0.137 e. The Bertz CT molecular complexity index is 763. The Morgan fingerprint density at radius 3 is 2.80 bits per heavy atom. The third-order valence-electron chi connectivity index (χ3n) is 2.93. The van der Waals surface area contributed by atoms with Gasteiger partial charge in [-0.15, -0.1) is 12.6 Å². The average Bonchev–Trinajstić information content (AvgIpc) is 2.91. The van der Waals surface area contributed by atoms with Gasteiger partial charge in [-0.3, -0.25) is 0 Å². The number of aromatic amines is 1. The minimum atomic E-state index is 0.628. The number of pyridine rings is 1. The van der Waals surface area contributed by atoms with E-state index in [1.807, 2.05) is 30.6 Å². The molecule has 0 saturated heterocycles. The minimum absolute atomic E-state index is 0.628. The van der Waals surface area contributed by atoms with E-state index in [2.05, 4.69) is 40.8 Å². The fourth-order valence-corrected chi connectivity index (χ4v) is 2.96. The van der Waals surface area contributed by atoms with Crippen LogP contribution in [-0.4, -0.2) is 9.97 Å². The Hall–Kier alpha value is -1.85. The summed E-state index contributed by atoms with van der Waals surface area (Å²) in [5, 5.41) is 2.60. The summed E-state index contributed by atoms with van der Waals surface area (Å²) in [4.78, 5) is 9.81. The molecule has 0 aliphatic heterocycles. The van der Waals surface area contributed by atoms with Gasteiger partial charge in [-0.05, 0) is 23.6 Å². The van der Waals surface area contributed by atoms with Crippen molar-refractivity contribution in [3.8, 4) is 0 Å². The second-order valence-electron chi connectivity index (χ2n) is 4.27. The molecular formula is C15H13N3S2. The van der Waals surface area contributed by atoms with E-state index in [4.69, 9.17) is 5.73 Å². The number of benzene rings is 1. The maximum atomic E-state index is 5.94. The van der Waals surface area contributed by atoms with Crippen molar-refractivity contribution < 1.29 is 0 Å². The van der Waals surface area contributed by atoms with Crippen LogP contribution in [0, 0.1) is 0 Å². The second kappa shape index (κ2) is 5.64. The number of aromatic nitrogens is 2. The molecule has 0 amide bonds. The van der Waals surface area contributed by atoms with E-state index >= 15 is 0 Å². The molecule has 3 N–H and O–H groups in total. The van der Waals surface area contributed by atoms with Gasteiger partial charge in [0.05, 0.1) is 0 Å². The van der Waals surface area contributed by atoms with Crippen LogP contribution in [0.15, 0.2) is 64.0 Å². The van der Waals surface area contributed by atoms with Gasteiger partial charge in [-0.2, -0.15) is 0 Å². The van der Waals surface area contributed by atoms with E-state index in [-0.39, 0.29) is 0 Å². The summed E-state index contributed by atoms with van der Waals surface area (Å²) in [5.74, 6) is 0. The number of H-pyrrole nitrogens is 1. The normalized spacial score (nSPS) is 11.9. The second-order valence-corrected chi connectivity index (χ2v) is 5.67. The molecular weight excluding hydrogens is 286 g/mol. The van der Waals surface area contributed by atoms with Crippen LogP contribution in [0.5, 0.6) is 0 Å². The highest BCUT2D eigenvalue weighted by molar-refractivity contribution is 7.99. The number of fused-ring (bicyclic) bond motifs is 1. The van der Waals surface area contributed by atoms with Gasteiger partial charge in [-0.25, -0.2) is 4.98 Å². The van der Waals surface area contributed by atoms with Crippen molar-refractivity contribution in [2.45, 2.75) is 9.79 Å². The molecule has 3 nitrogen and oxygen atoms in total. The molecule has 0 saturated carbocycles. The largest absolute Gasteiger partial charge is 0.398 e. The molecule has 3 aromatic rings. The molecule has 100 valence electrons. The van der Waals surface area contributed by atoms with E-state index in [1.54, 1.807) is 17.2 Å². The van der Waals surface area contributed by atoms with Crippen LogP contribution in [0.25, 0.3) is 16.7 Å². The van der Waals surface area contributed by atoms with E-state index in [0.717, 1.165) is 21.5 Å². The third kappa shape index (κ3) is 2.55. The van der Waals surface area contributed by atoms with Crippen LogP contribution in [0.2, 0.25) is 0 Å². The van der Waals surface area contributed by atoms with E-state index in [0.29, 0.717) is 5.70 Å². The zero-order valence-electron chi connectivity index (χ0n) is 10.6. The molecule has 0 radical (unpaired) electrons. The molecule has 0 spiro atoms. The van der Waals surface area contributed by atoms with Crippen molar-refractivity contribution in [1.82, 2.24) is 9.97 Å². The molecule has 2 aromatic heterocycles. The van der Waals surface area contributed by atoms with Crippen LogP contribution < -0.4 is 5.73 Å². The zero-order chi connectivity index (χ0) is 13.9. The quantitative estimate of drug-likeness (QED) is 0.643. The smallest absolute Gasteiger partial charge is 0.137 e.